The van der Waals surface area contributed by atoms with E-state index in [1.54, 1.807) is 17.0 Å². The number of nitrogens with zero attached hydrogens (tertiary/aromatic N) is 1. The molecule has 3 rings (SSSR count). The number of aryl methyl sites for hydroxylation is 1. The molecule has 136 valence electrons. The largest absolute Gasteiger partial charge is 0.415 e. The fourth-order valence-corrected chi connectivity index (χ4v) is 3.02. The van der Waals surface area contributed by atoms with Gasteiger partial charge in [0.2, 0.25) is 0 Å². The van der Waals surface area contributed by atoms with E-state index in [-0.39, 0.29) is 12.0 Å². The highest BCUT2D eigenvalue weighted by molar-refractivity contribution is 5.94. The molecule has 1 saturated heterocycles. The first kappa shape index (κ1) is 18.0. The Morgan fingerprint density at radius 3 is 2.35 bits per heavy atom. The summed E-state index contributed by atoms with van der Waals surface area (Å²) in [5, 5.41) is 3.00. The second kappa shape index (κ2) is 8.52. The van der Waals surface area contributed by atoms with Crippen LogP contribution in [0.3, 0.4) is 0 Å². The molecule has 2 aromatic carbocycles. The molecule has 1 fully saturated rings. The molecular formula is C21H24N2O3. The number of nitrogens with one attached hydrogen (secondary N) is 1. The molecule has 5 nitrogen and oxygen atoms in total. The predicted octanol–water partition coefficient (Wildman–Crippen LogP) is 3.64. The number of likely N-dealkylation sites (tertiary alicyclic amines) is 1. The van der Waals surface area contributed by atoms with E-state index in [4.69, 9.17) is 4.74 Å². The SMILES string of the molecule is Cc1ccc(C(=O)NCC2CCN(C(=O)Oc3ccccc3)CC2)cc1. The zero-order valence-corrected chi connectivity index (χ0v) is 15.0. The van der Waals surface area contributed by atoms with Crippen molar-refractivity contribution in [2.24, 2.45) is 5.92 Å². The summed E-state index contributed by atoms with van der Waals surface area (Å²) >= 11 is 0. The van der Waals surface area contributed by atoms with Crippen LogP contribution in [0, 0.1) is 12.8 Å². The van der Waals surface area contributed by atoms with Crippen molar-refractivity contribution in [1.82, 2.24) is 10.2 Å². The quantitative estimate of drug-likeness (QED) is 0.914. The summed E-state index contributed by atoms with van der Waals surface area (Å²) in [4.78, 5) is 26.1. The molecule has 2 aromatic rings. The van der Waals surface area contributed by atoms with Gasteiger partial charge in [-0.2, -0.15) is 0 Å². The van der Waals surface area contributed by atoms with Gasteiger partial charge in [0.1, 0.15) is 5.75 Å². The number of piperidine rings is 1. The highest BCUT2D eigenvalue weighted by Crippen LogP contribution is 2.18. The Hall–Kier alpha value is -2.82. The first-order valence-corrected chi connectivity index (χ1v) is 8.98. The first-order chi connectivity index (χ1) is 12.6. The van der Waals surface area contributed by atoms with E-state index >= 15 is 0 Å². The fourth-order valence-electron chi connectivity index (χ4n) is 3.02. The van der Waals surface area contributed by atoms with Crippen molar-refractivity contribution in [1.29, 1.82) is 0 Å². The number of benzene rings is 2. The van der Waals surface area contributed by atoms with Crippen LogP contribution in [0.4, 0.5) is 4.79 Å². The van der Waals surface area contributed by atoms with Gasteiger partial charge in [0.05, 0.1) is 0 Å². The Morgan fingerprint density at radius 2 is 1.69 bits per heavy atom. The van der Waals surface area contributed by atoms with Gasteiger partial charge in [-0.05, 0) is 49.9 Å². The van der Waals surface area contributed by atoms with Crippen molar-refractivity contribution in [3.8, 4) is 5.75 Å². The van der Waals surface area contributed by atoms with Crippen LogP contribution in [0.2, 0.25) is 0 Å². The van der Waals surface area contributed by atoms with Gasteiger partial charge in [0.15, 0.2) is 0 Å². The van der Waals surface area contributed by atoms with Crippen molar-refractivity contribution in [2.45, 2.75) is 19.8 Å². The van der Waals surface area contributed by atoms with Gasteiger partial charge in [-0.25, -0.2) is 4.79 Å². The summed E-state index contributed by atoms with van der Waals surface area (Å²) in [5.74, 6) is 0.895. The number of para-hydroxylation sites is 1. The van der Waals surface area contributed by atoms with Gasteiger partial charge in [0, 0.05) is 25.2 Å². The molecule has 0 saturated carbocycles. The number of carbonyl (C=O) groups is 2. The maximum Gasteiger partial charge on any atom is 0.415 e. The third-order valence-electron chi connectivity index (χ3n) is 4.69. The number of carbonyl (C=O) groups excluding carboxylic acids is 2. The van der Waals surface area contributed by atoms with Crippen LogP contribution in [-0.2, 0) is 0 Å². The van der Waals surface area contributed by atoms with Crippen LogP contribution in [0.5, 0.6) is 5.75 Å². The number of rotatable bonds is 4. The van der Waals surface area contributed by atoms with Crippen LogP contribution in [-0.4, -0.2) is 36.5 Å². The van der Waals surface area contributed by atoms with Crippen LogP contribution >= 0.6 is 0 Å². The van der Waals surface area contributed by atoms with Crippen molar-refractivity contribution in [3.05, 3.63) is 65.7 Å². The van der Waals surface area contributed by atoms with Crippen molar-refractivity contribution in [3.63, 3.8) is 0 Å². The van der Waals surface area contributed by atoms with Crippen LogP contribution in [0.25, 0.3) is 0 Å². The minimum Gasteiger partial charge on any atom is -0.410 e. The second-order valence-corrected chi connectivity index (χ2v) is 6.69. The van der Waals surface area contributed by atoms with Gasteiger partial charge >= 0.3 is 6.09 Å². The zero-order chi connectivity index (χ0) is 18.4. The van der Waals surface area contributed by atoms with E-state index in [0.29, 0.717) is 36.9 Å². The standard InChI is InChI=1S/C21H24N2O3/c1-16-7-9-18(10-8-16)20(24)22-15-17-11-13-23(14-12-17)21(25)26-19-5-3-2-4-6-19/h2-10,17H,11-15H2,1H3,(H,22,24). The molecule has 0 radical (unpaired) electrons. The molecule has 26 heavy (non-hydrogen) atoms. The molecule has 0 unspecified atom stereocenters. The predicted molar refractivity (Wildman–Crippen MR) is 100 cm³/mol. The molecule has 1 aliphatic heterocycles. The number of hydrogen-bond acceptors (Lipinski definition) is 3. The molecule has 0 bridgehead atoms. The first-order valence-electron chi connectivity index (χ1n) is 8.98. The van der Waals surface area contributed by atoms with Crippen molar-refractivity contribution >= 4 is 12.0 Å². The second-order valence-electron chi connectivity index (χ2n) is 6.69. The average Bonchev–Trinajstić information content (AvgIpc) is 2.68. The summed E-state index contributed by atoms with van der Waals surface area (Å²) in [6.07, 6.45) is 1.41. The summed E-state index contributed by atoms with van der Waals surface area (Å²) in [6.45, 7) is 3.93. The minimum atomic E-state index is -0.307. The lowest BCUT2D eigenvalue weighted by Crippen LogP contribution is -2.42. The molecule has 0 atom stereocenters. The molecule has 0 aromatic heterocycles. The average molecular weight is 352 g/mol. The summed E-state index contributed by atoms with van der Waals surface area (Å²) in [5.41, 5.74) is 1.82. The Morgan fingerprint density at radius 1 is 1.04 bits per heavy atom. The van der Waals surface area contributed by atoms with Crippen molar-refractivity contribution < 1.29 is 14.3 Å². The summed E-state index contributed by atoms with van der Waals surface area (Å²) in [7, 11) is 0. The summed E-state index contributed by atoms with van der Waals surface area (Å²) < 4.78 is 5.37. The van der Waals surface area contributed by atoms with Gasteiger partial charge in [-0.3, -0.25) is 4.79 Å². The lowest BCUT2D eigenvalue weighted by Gasteiger charge is -2.31. The Balaban J connectivity index is 1.41. The molecule has 1 heterocycles. The fraction of sp³-hybridized carbons (Fsp3) is 0.333. The Kier molecular flexibility index (Phi) is 5.89. The van der Waals surface area contributed by atoms with Gasteiger partial charge in [-0.15, -0.1) is 0 Å². The van der Waals surface area contributed by atoms with E-state index in [1.807, 2.05) is 49.4 Å². The van der Waals surface area contributed by atoms with E-state index in [1.165, 1.54) is 0 Å². The van der Waals surface area contributed by atoms with Crippen LogP contribution < -0.4 is 10.1 Å². The molecule has 5 heteroatoms. The molecule has 2 amide bonds. The molecule has 1 aliphatic rings. The highest BCUT2D eigenvalue weighted by atomic mass is 16.6. The molecule has 0 aliphatic carbocycles. The molecular weight excluding hydrogens is 328 g/mol. The van der Waals surface area contributed by atoms with E-state index in [0.717, 1.165) is 18.4 Å². The number of amides is 2. The van der Waals surface area contributed by atoms with Gasteiger partial charge < -0.3 is 15.0 Å². The van der Waals surface area contributed by atoms with E-state index in [2.05, 4.69) is 5.32 Å². The van der Waals surface area contributed by atoms with E-state index in [9.17, 15) is 9.59 Å². The third-order valence-corrected chi connectivity index (χ3v) is 4.69. The number of hydrogen-bond donors (Lipinski definition) is 1. The topological polar surface area (TPSA) is 58.6 Å². The maximum atomic E-state index is 12.2. The molecule has 1 N–H and O–H groups in total. The van der Waals surface area contributed by atoms with Crippen LogP contribution in [0.15, 0.2) is 54.6 Å². The lowest BCUT2D eigenvalue weighted by atomic mass is 9.97. The lowest BCUT2D eigenvalue weighted by molar-refractivity contribution is 0.0931. The minimum absolute atomic E-state index is 0.0454. The normalized spacial score (nSPS) is 14.7. The summed E-state index contributed by atoms with van der Waals surface area (Å²) in [6, 6.07) is 16.7. The van der Waals surface area contributed by atoms with Crippen LogP contribution in [0.1, 0.15) is 28.8 Å². The Labute approximate surface area is 154 Å². The molecule has 0 spiro atoms. The smallest absolute Gasteiger partial charge is 0.410 e. The number of ether oxygens (including phenoxy) is 1. The van der Waals surface area contributed by atoms with Gasteiger partial charge in [0.25, 0.3) is 5.91 Å². The maximum absolute atomic E-state index is 12.2. The zero-order valence-electron chi connectivity index (χ0n) is 15.0. The van der Waals surface area contributed by atoms with E-state index < -0.39 is 0 Å². The monoisotopic (exact) mass is 352 g/mol. The van der Waals surface area contributed by atoms with Crippen molar-refractivity contribution in [2.75, 3.05) is 19.6 Å². The third kappa shape index (κ3) is 4.85. The highest BCUT2D eigenvalue weighted by Gasteiger charge is 2.24. The Bertz CT molecular complexity index is 736. The van der Waals surface area contributed by atoms with Gasteiger partial charge in [-0.1, -0.05) is 35.9 Å².